The molecule has 2 atom stereocenters. The molecular weight excluding hydrogens is 268 g/mol. The predicted octanol–water partition coefficient (Wildman–Crippen LogP) is 2.11. The molecule has 0 spiro atoms. The van der Waals surface area contributed by atoms with Gasteiger partial charge in [0.1, 0.15) is 5.54 Å². The van der Waals surface area contributed by atoms with Crippen molar-refractivity contribution in [2.45, 2.75) is 70.4 Å². The molecule has 5 nitrogen and oxygen atoms in total. The Hall–Kier alpha value is -1.10. The van der Waals surface area contributed by atoms with Crippen LogP contribution in [0.25, 0.3) is 0 Å². The minimum absolute atomic E-state index is 0.110. The van der Waals surface area contributed by atoms with Gasteiger partial charge in [0.15, 0.2) is 0 Å². The van der Waals surface area contributed by atoms with Crippen LogP contribution in [0.1, 0.15) is 58.8 Å². The quantitative estimate of drug-likeness (QED) is 0.844. The lowest BCUT2D eigenvalue weighted by molar-refractivity contribution is -0.154. The van der Waals surface area contributed by atoms with Gasteiger partial charge in [-0.25, -0.2) is 0 Å². The van der Waals surface area contributed by atoms with Crippen molar-refractivity contribution in [3.05, 3.63) is 0 Å². The van der Waals surface area contributed by atoms with E-state index in [-0.39, 0.29) is 11.9 Å². The minimum atomic E-state index is -0.834. The molecule has 2 fully saturated rings. The van der Waals surface area contributed by atoms with Crippen LogP contribution in [0.3, 0.4) is 0 Å². The first-order valence-electron chi connectivity index (χ1n) is 8.32. The van der Waals surface area contributed by atoms with Crippen molar-refractivity contribution in [3.8, 4) is 0 Å². The van der Waals surface area contributed by atoms with E-state index in [9.17, 15) is 14.7 Å². The number of carbonyl (C=O) groups excluding carboxylic acids is 1. The Morgan fingerprint density at radius 2 is 1.81 bits per heavy atom. The first kappa shape index (κ1) is 16.3. The van der Waals surface area contributed by atoms with E-state index in [1.807, 2.05) is 23.6 Å². The number of likely N-dealkylation sites (tertiary alicyclic amines) is 2. The molecule has 5 heteroatoms. The number of carboxylic acids is 1. The zero-order valence-electron chi connectivity index (χ0n) is 13.3. The minimum Gasteiger partial charge on any atom is -0.480 e. The number of carbonyl (C=O) groups is 2. The van der Waals surface area contributed by atoms with E-state index >= 15 is 0 Å². The molecule has 2 aliphatic rings. The van der Waals surface area contributed by atoms with Gasteiger partial charge >= 0.3 is 5.97 Å². The maximum absolute atomic E-state index is 12.7. The number of amides is 1. The van der Waals surface area contributed by atoms with Crippen LogP contribution in [0.2, 0.25) is 0 Å². The van der Waals surface area contributed by atoms with Gasteiger partial charge in [0, 0.05) is 19.6 Å². The number of hydrogen-bond donors (Lipinski definition) is 1. The number of rotatable bonds is 5. The predicted molar refractivity (Wildman–Crippen MR) is 81.1 cm³/mol. The first-order chi connectivity index (χ1) is 10.0. The molecule has 0 saturated carbocycles. The van der Waals surface area contributed by atoms with Crippen LogP contribution in [0.4, 0.5) is 0 Å². The Kier molecular flexibility index (Phi) is 5.25. The van der Waals surface area contributed by atoms with Gasteiger partial charge < -0.3 is 10.0 Å². The molecule has 0 radical (unpaired) electrons. The number of piperidine rings is 1. The highest BCUT2D eigenvalue weighted by atomic mass is 16.4. The largest absolute Gasteiger partial charge is 0.480 e. The Balaban J connectivity index is 2.13. The molecule has 2 rings (SSSR count). The third-order valence-corrected chi connectivity index (χ3v) is 5.09. The molecular formula is C16H28N2O3. The molecule has 2 saturated heterocycles. The second-order valence-corrected chi connectivity index (χ2v) is 6.45. The van der Waals surface area contributed by atoms with Crippen LogP contribution in [-0.2, 0) is 9.59 Å². The lowest BCUT2D eigenvalue weighted by Crippen LogP contribution is -2.58. The van der Waals surface area contributed by atoms with Crippen LogP contribution in [-0.4, -0.2) is 58.0 Å². The van der Waals surface area contributed by atoms with Gasteiger partial charge in [0.2, 0.25) is 5.91 Å². The summed E-state index contributed by atoms with van der Waals surface area (Å²) < 4.78 is 0. The van der Waals surface area contributed by atoms with E-state index in [2.05, 4.69) is 0 Å². The highest BCUT2D eigenvalue weighted by molar-refractivity contribution is 5.84. The average molecular weight is 296 g/mol. The van der Waals surface area contributed by atoms with Crippen LogP contribution in [0.15, 0.2) is 0 Å². The van der Waals surface area contributed by atoms with Crippen molar-refractivity contribution in [2.24, 2.45) is 0 Å². The van der Waals surface area contributed by atoms with Crippen molar-refractivity contribution in [2.75, 3.05) is 19.6 Å². The van der Waals surface area contributed by atoms with E-state index in [1.165, 1.54) is 6.42 Å². The Morgan fingerprint density at radius 1 is 1.14 bits per heavy atom. The molecule has 0 aromatic heterocycles. The van der Waals surface area contributed by atoms with Crippen molar-refractivity contribution in [1.29, 1.82) is 0 Å². The van der Waals surface area contributed by atoms with E-state index in [1.54, 1.807) is 0 Å². The van der Waals surface area contributed by atoms with Crippen LogP contribution in [0, 0.1) is 0 Å². The zero-order valence-corrected chi connectivity index (χ0v) is 13.3. The fraction of sp³-hybridized carbons (Fsp3) is 0.875. The number of aliphatic carboxylic acids is 1. The summed E-state index contributed by atoms with van der Waals surface area (Å²) in [5.74, 6) is -0.654. The van der Waals surface area contributed by atoms with E-state index < -0.39 is 11.5 Å². The average Bonchev–Trinajstić information content (AvgIpc) is 2.92. The number of nitrogens with zero attached hydrogens (tertiary/aromatic N) is 2. The molecule has 0 aromatic carbocycles. The monoisotopic (exact) mass is 296 g/mol. The number of hydrogen-bond acceptors (Lipinski definition) is 3. The smallest absolute Gasteiger partial charge is 0.324 e. The van der Waals surface area contributed by atoms with Gasteiger partial charge in [-0.2, -0.15) is 0 Å². The van der Waals surface area contributed by atoms with Gasteiger partial charge in [-0.3, -0.25) is 14.5 Å². The van der Waals surface area contributed by atoms with Crippen molar-refractivity contribution in [1.82, 2.24) is 9.80 Å². The highest BCUT2D eigenvalue weighted by Crippen LogP contribution is 2.36. The molecule has 0 aromatic rings. The molecule has 1 amide bonds. The van der Waals surface area contributed by atoms with Gasteiger partial charge in [-0.1, -0.05) is 13.3 Å². The molecule has 2 aliphatic heterocycles. The lowest BCUT2D eigenvalue weighted by Gasteiger charge is -2.40. The Bertz CT molecular complexity index is 393. The van der Waals surface area contributed by atoms with E-state index in [0.29, 0.717) is 19.4 Å². The summed E-state index contributed by atoms with van der Waals surface area (Å²) >= 11 is 0. The van der Waals surface area contributed by atoms with Gasteiger partial charge in [-0.15, -0.1) is 0 Å². The summed E-state index contributed by atoms with van der Waals surface area (Å²) in [6.07, 6.45) is 6.30. The second kappa shape index (κ2) is 6.77. The molecule has 21 heavy (non-hydrogen) atoms. The third-order valence-electron chi connectivity index (χ3n) is 5.09. The van der Waals surface area contributed by atoms with E-state index in [4.69, 9.17) is 0 Å². The maximum Gasteiger partial charge on any atom is 0.324 e. The highest BCUT2D eigenvalue weighted by Gasteiger charge is 2.50. The summed E-state index contributed by atoms with van der Waals surface area (Å²) in [5.41, 5.74) is -0.834. The fourth-order valence-electron chi connectivity index (χ4n) is 3.99. The molecule has 1 N–H and O–H groups in total. The first-order valence-corrected chi connectivity index (χ1v) is 8.32. The van der Waals surface area contributed by atoms with Crippen LogP contribution in [0.5, 0.6) is 0 Å². The van der Waals surface area contributed by atoms with Gasteiger partial charge in [0.25, 0.3) is 0 Å². The normalized spacial score (nSPS) is 28.6. The zero-order chi connectivity index (χ0) is 15.5. The Labute approximate surface area is 127 Å². The van der Waals surface area contributed by atoms with Gasteiger partial charge in [0.05, 0.1) is 6.04 Å². The summed E-state index contributed by atoms with van der Waals surface area (Å²) in [4.78, 5) is 28.4. The second-order valence-electron chi connectivity index (χ2n) is 6.45. The number of carboxylic acid groups (broad SMARTS) is 1. The summed E-state index contributed by atoms with van der Waals surface area (Å²) in [7, 11) is 0. The lowest BCUT2D eigenvalue weighted by atomic mass is 9.89. The van der Waals surface area contributed by atoms with Crippen molar-refractivity contribution < 1.29 is 14.7 Å². The fourth-order valence-corrected chi connectivity index (χ4v) is 3.99. The SMILES string of the molecule is CCCC1(C(=O)O)CCCN1C(C)C(=O)N1CCCCC1. The van der Waals surface area contributed by atoms with E-state index in [0.717, 1.165) is 38.8 Å². The molecule has 2 heterocycles. The Morgan fingerprint density at radius 3 is 2.38 bits per heavy atom. The standard InChI is InChI=1S/C16H28N2O3/c1-3-8-16(15(20)21)9-7-12-18(16)13(2)14(19)17-10-5-4-6-11-17/h13H,3-12H2,1-2H3,(H,20,21). The summed E-state index contributed by atoms with van der Waals surface area (Å²) in [6.45, 7) is 6.26. The summed E-state index contributed by atoms with van der Waals surface area (Å²) in [5, 5.41) is 9.74. The van der Waals surface area contributed by atoms with Crippen molar-refractivity contribution in [3.63, 3.8) is 0 Å². The molecule has 2 unspecified atom stereocenters. The van der Waals surface area contributed by atoms with Crippen LogP contribution >= 0.6 is 0 Å². The van der Waals surface area contributed by atoms with Crippen LogP contribution < -0.4 is 0 Å². The molecule has 0 bridgehead atoms. The third kappa shape index (κ3) is 3.07. The van der Waals surface area contributed by atoms with Crippen molar-refractivity contribution >= 4 is 11.9 Å². The van der Waals surface area contributed by atoms with Gasteiger partial charge in [-0.05, 0) is 45.4 Å². The summed E-state index contributed by atoms with van der Waals surface area (Å²) in [6, 6.07) is -0.326. The molecule has 120 valence electrons. The topological polar surface area (TPSA) is 60.9 Å². The molecule has 0 aliphatic carbocycles. The maximum atomic E-state index is 12.7.